The van der Waals surface area contributed by atoms with Gasteiger partial charge in [0.25, 0.3) is 0 Å². The van der Waals surface area contributed by atoms with Crippen molar-refractivity contribution < 1.29 is 5.11 Å². The summed E-state index contributed by atoms with van der Waals surface area (Å²) >= 11 is 1.80. The van der Waals surface area contributed by atoms with Gasteiger partial charge in [0.1, 0.15) is 0 Å². The van der Waals surface area contributed by atoms with E-state index < -0.39 is 0 Å². The lowest BCUT2D eigenvalue weighted by Gasteiger charge is -2.02. The minimum Gasteiger partial charge on any atom is -0.395 e. The Morgan fingerprint density at radius 1 is 1.62 bits per heavy atom. The Kier molecular flexibility index (Phi) is 1.97. The van der Waals surface area contributed by atoms with Crippen molar-refractivity contribution in [3.63, 3.8) is 0 Å². The molecule has 1 rings (SSSR count). The molecule has 1 N–H and O–H groups in total. The molecule has 1 aliphatic heterocycles. The summed E-state index contributed by atoms with van der Waals surface area (Å²) in [5.74, 6) is 0. The van der Waals surface area contributed by atoms with Crippen LogP contribution in [0.15, 0.2) is 12.2 Å². The number of aliphatic hydroxyl groups excluding tert-OH is 1. The van der Waals surface area contributed by atoms with Gasteiger partial charge in [0.15, 0.2) is 0 Å². The zero-order valence-electron chi connectivity index (χ0n) is 4.87. The third-order valence-electron chi connectivity index (χ3n) is 1.17. The Labute approximate surface area is 53.8 Å². The van der Waals surface area contributed by atoms with E-state index in [-0.39, 0.29) is 6.61 Å². The Morgan fingerprint density at radius 3 is 2.62 bits per heavy atom. The molecule has 2 atom stereocenters. The van der Waals surface area contributed by atoms with Crippen LogP contribution in [0.25, 0.3) is 0 Å². The first-order chi connectivity index (χ1) is 3.83. The molecule has 1 nitrogen and oxygen atoms in total. The van der Waals surface area contributed by atoms with E-state index in [1.807, 2.05) is 0 Å². The second-order valence-electron chi connectivity index (χ2n) is 1.95. The normalized spacial score (nSPS) is 36.2. The van der Waals surface area contributed by atoms with Gasteiger partial charge in [0.2, 0.25) is 0 Å². The van der Waals surface area contributed by atoms with Crippen molar-refractivity contribution >= 4 is 11.8 Å². The van der Waals surface area contributed by atoms with Gasteiger partial charge < -0.3 is 5.11 Å². The molecule has 0 fully saturated rings. The molecule has 1 aliphatic rings. The molecule has 8 heavy (non-hydrogen) atoms. The summed E-state index contributed by atoms with van der Waals surface area (Å²) in [6.07, 6.45) is 4.20. The molecule has 0 amide bonds. The van der Waals surface area contributed by atoms with Gasteiger partial charge in [-0.25, -0.2) is 0 Å². The van der Waals surface area contributed by atoms with Crippen LogP contribution in [0.2, 0.25) is 0 Å². The number of rotatable bonds is 1. The fourth-order valence-corrected chi connectivity index (χ4v) is 1.75. The van der Waals surface area contributed by atoms with Gasteiger partial charge in [-0.2, -0.15) is 0 Å². The highest BCUT2D eigenvalue weighted by molar-refractivity contribution is 8.01. The first-order valence-electron chi connectivity index (χ1n) is 2.77. The lowest BCUT2D eigenvalue weighted by molar-refractivity contribution is 0.307. The first kappa shape index (κ1) is 6.17. The highest BCUT2D eigenvalue weighted by Gasteiger charge is 2.13. The highest BCUT2D eigenvalue weighted by Crippen LogP contribution is 2.25. The molecule has 0 radical (unpaired) electrons. The Balaban J connectivity index is 2.34. The van der Waals surface area contributed by atoms with Crippen molar-refractivity contribution in [2.45, 2.75) is 17.4 Å². The topological polar surface area (TPSA) is 20.2 Å². The number of aliphatic hydroxyl groups is 1. The Morgan fingerprint density at radius 2 is 2.38 bits per heavy atom. The SMILES string of the molecule is CC1C=C[C@@H](CO)S1. The van der Waals surface area contributed by atoms with Crippen LogP contribution < -0.4 is 0 Å². The first-order valence-corrected chi connectivity index (χ1v) is 3.72. The largest absolute Gasteiger partial charge is 0.395 e. The quantitative estimate of drug-likeness (QED) is 0.535. The van der Waals surface area contributed by atoms with Gasteiger partial charge in [-0.1, -0.05) is 12.2 Å². The molecule has 0 aromatic carbocycles. The lowest BCUT2D eigenvalue weighted by Crippen LogP contribution is -2.01. The fraction of sp³-hybridized carbons (Fsp3) is 0.667. The van der Waals surface area contributed by atoms with E-state index in [9.17, 15) is 0 Å². The molecule has 1 unspecified atom stereocenters. The van der Waals surface area contributed by atoms with Gasteiger partial charge in [0.05, 0.1) is 6.61 Å². The Bertz CT molecular complexity index is 101. The third kappa shape index (κ3) is 1.26. The number of hydrogen-bond donors (Lipinski definition) is 1. The molecule has 46 valence electrons. The van der Waals surface area contributed by atoms with E-state index in [1.54, 1.807) is 11.8 Å². The zero-order valence-corrected chi connectivity index (χ0v) is 5.69. The summed E-state index contributed by atoms with van der Waals surface area (Å²) in [6.45, 7) is 2.42. The standard InChI is InChI=1S/C6H10OS/c1-5-2-3-6(4-7)8-5/h2-3,5-7H,4H2,1H3/t5?,6-/m0/s1. The second kappa shape index (κ2) is 2.55. The van der Waals surface area contributed by atoms with Crippen LogP contribution in [-0.4, -0.2) is 22.2 Å². The Hall–Kier alpha value is 0.0500. The van der Waals surface area contributed by atoms with Crippen LogP contribution in [0.3, 0.4) is 0 Å². The minimum atomic E-state index is 0.283. The third-order valence-corrected chi connectivity index (χ3v) is 2.41. The van der Waals surface area contributed by atoms with Crippen molar-refractivity contribution in [1.29, 1.82) is 0 Å². The average molecular weight is 130 g/mol. The zero-order chi connectivity index (χ0) is 5.98. The van der Waals surface area contributed by atoms with E-state index in [0.717, 1.165) is 0 Å². The van der Waals surface area contributed by atoms with E-state index in [0.29, 0.717) is 10.5 Å². The molecular weight excluding hydrogens is 120 g/mol. The van der Waals surface area contributed by atoms with Gasteiger partial charge in [-0.15, -0.1) is 11.8 Å². The van der Waals surface area contributed by atoms with Crippen molar-refractivity contribution in [2.75, 3.05) is 6.61 Å². The molecule has 0 aromatic rings. The van der Waals surface area contributed by atoms with Crippen LogP contribution in [0, 0.1) is 0 Å². The molecule has 0 bridgehead atoms. The molecule has 0 aliphatic carbocycles. The summed E-state index contributed by atoms with van der Waals surface area (Å²) < 4.78 is 0. The lowest BCUT2D eigenvalue weighted by atomic mass is 10.3. The maximum absolute atomic E-state index is 8.61. The predicted molar refractivity (Wildman–Crippen MR) is 37.1 cm³/mol. The smallest absolute Gasteiger partial charge is 0.0585 e. The number of hydrogen-bond acceptors (Lipinski definition) is 2. The molecule has 2 heteroatoms. The van der Waals surface area contributed by atoms with Crippen molar-refractivity contribution in [2.24, 2.45) is 0 Å². The summed E-state index contributed by atoms with van der Waals surface area (Å²) in [6, 6.07) is 0. The van der Waals surface area contributed by atoms with Crippen LogP contribution in [0.1, 0.15) is 6.92 Å². The van der Waals surface area contributed by atoms with Gasteiger partial charge in [-0.3, -0.25) is 0 Å². The fourth-order valence-electron chi connectivity index (χ4n) is 0.751. The molecule has 0 aromatic heterocycles. The van der Waals surface area contributed by atoms with E-state index >= 15 is 0 Å². The molecule has 0 spiro atoms. The van der Waals surface area contributed by atoms with Crippen molar-refractivity contribution in [3.8, 4) is 0 Å². The number of thioether (sulfide) groups is 1. The summed E-state index contributed by atoms with van der Waals surface area (Å²) in [5.41, 5.74) is 0. The van der Waals surface area contributed by atoms with Gasteiger partial charge >= 0.3 is 0 Å². The van der Waals surface area contributed by atoms with Crippen LogP contribution in [0.4, 0.5) is 0 Å². The molecule has 1 heterocycles. The van der Waals surface area contributed by atoms with Crippen LogP contribution >= 0.6 is 11.8 Å². The van der Waals surface area contributed by atoms with Gasteiger partial charge in [0, 0.05) is 10.5 Å². The second-order valence-corrected chi connectivity index (χ2v) is 3.57. The predicted octanol–water partition coefficient (Wildman–Crippen LogP) is 1.04. The highest BCUT2D eigenvalue weighted by atomic mass is 32.2. The summed E-state index contributed by atoms with van der Waals surface area (Å²) in [5, 5.41) is 9.58. The molecular formula is C6H10OS. The van der Waals surface area contributed by atoms with Crippen LogP contribution in [0.5, 0.6) is 0 Å². The van der Waals surface area contributed by atoms with Crippen molar-refractivity contribution in [1.82, 2.24) is 0 Å². The van der Waals surface area contributed by atoms with E-state index in [2.05, 4.69) is 19.1 Å². The van der Waals surface area contributed by atoms with E-state index in [4.69, 9.17) is 5.11 Å². The maximum Gasteiger partial charge on any atom is 0.0585 e. The average Bonchev–Trinajstić information content (AvgIpc) is 2.14. The molecule has 0 saturated heterocycles. The monoisotopic (exact) mass is 130 g/mol. The van der Waals surface area contributed by atoms with Crippen molar-refractivity contribution in [3.05, 3.63) is 12.2 Å². The maximum atomic E-state index is 8.61. The minimum absolute atomic E-state index is 0.283. The summed E-state index contributed by atoms with van der Waals surface area (Å²) in [4.78, 5) is 0. The van der Waals surface area contributed by atoms with E-state index in [1.165, 1.54) is 0 Å². The summed E-state index contributed by atoms with van der Waals surface area (Å²) in [7, 11) is 0. The molecule has 0 saturated carbocycles. The van der Waals surface area contributed by atoms with Crippen LogP contribution in [-0.2, 0) is 0 Å². The van der Waals surface area contributed by atoms with Gasteiger partial charge in [-0.05, 0) is 6.92 Å².